The molecule has 0 spiro atoms. The molecule has 0 unspecified atom stereocenters. The molecule has 0 atom stereocenters. The van der Waals surface area contributed by atoms with Gasteiger partial charge in [-0.15, -0.1) is 0 Å². The number of aliphatic imine (C=N–C) groups is 1. The van der Waals surface area contributed by atoms with Crippen LogP contribution in [0.3, 0.4) is 0 Å². The van der Waals surface area contributed by atoms with Gasteiger partial charge >= 0.3 is 0 Å². The number of hydrogen-bond donors (Lipinski definition) is 0. The van der Waals surface area contributed by atoms with E-state index < -0.39 is 0 Å². The molecule has 1 aliphatic rings. The normalized spacial score (nSPS) is 17.0. The number of hydrogen-bond acceptors (Lipinski definition) is 3. The zero-order chi connectivity index (χ0) is 13.2. The quantitative estimate of drug-likeness (QED) is 0.781. The first-order valence-electron chi connectivity index (χ1n) is 5.87. The van der Waals surface area contributed by atoms with Gasteiger partial charge in [0, 0.05) is 11.6 Å². The predicted molar refractivity (Wildman–Crippen MR) is 77.0 cm³/mol. The topological polar surface area (TPSA) is 42.6 Å². The number of rotatable bonds is 2. The lowest BCUT2D eigenvalue weighted by Gasteiger charge is -1.97. The summed E-state index contributed by atoms with van der Waals surface area (Å²) in [5, 5.41) is 0.736. The number of carbonyl (C=O) groups is 1. The van der Waals surface area contributed by atoms with E-state index in [4.69, 9.17) is 4.42 Å². The molecule has 0 aliphatic carbocycles. The molecular weight excluding hydrogens is 258 g/mol. The molecule has 1 aromatic carbocycles. The van der Waals surface area contributed by atoms with Crippen molar-refractivity contribution in [2.45, 2.75) is 6.92 Å². The third kappa shape index (κ3) is 2.53. The highest BCUT2D eigenvalue weighted by Crippen LogP contribution is 2.31. The van der Waals surface area contributed by atoms with E-state index in [-0.39, 0.29) is 5.91 Å². The molecule has 4 heteroatoms. The summed E-state index contributed by atoms with van der Waals surface area (Å²) in [5.41, 5.74) is 0.958. The second kappa shape index (κ2) is 4.90. The fraction of sp³-hybridized carbons (Fsp3) is 0.0667. The minimum atomic E-state index is -0.210. The Morgan fingerprint density at radius 3 is 2.63 bits per heavy atom. The second-order valence-electron chi connectivity index (χ2n) is 4.15. The molecule has 3 rings (SSSR count). The van der Waals surface area contributed by atoms with Gasteiger partial charge in [0.15, 0.2) is 0 Å². The van der Waals surface area contributed by atoms with Crippen molar-refractivity contribution >= 4 is 28.8 Å². The van der Waals surface area contributed by atoms with Crippen LogP contribution in [0.4, 0.5) is 0 Å². The Labute approximate surface area is 115 Å². The maximum absolute atomic E-state index is 11.9. The molecular formula is C15H11NO2S. The van der Waals surface area contributed by atoms with Crippen LogP contribution in [0.2, 0.25) is 0 Å². The Morgan fingerprint density at radius 1 is 1.16 bits per heavy atom. The molecule has 19 heavy (non-hydrogen) atoms. The van der Waals surface area contributed by atoms with Gasteiger partial charge in [-0.2, -0.15) is 0 Å². The summed E-state index contributed by atoms with van der Waals surface area (Å²) < 4.78 is 5.44. The third-order valence-corrected chi connectivity index (χ3v) is 3.71. The third-order valence-electron chi connectivity index (χ3n) is 2.68. The fourth-order valence-corrected chi connectivity index (χ4v) is 2.67. The zero-order valence-corrected chi connectivity index (χ0v) is 11.1. The van der Waals surface area contributed by atoms with Crippen molar-refractivity contribution in [3.05, 3.63) is 64.5 Å². The van der Waals surface area contributed by atoms with Gasteiger partial charge in [0.05, 0.1) is 4.91 Å². The minimum Gasteiger partial charge on any atom is -0.462 e. The average molecular weight is 269 g/mol. The summed E-state index contributed by atoms with van der Waals surface area (Å²) >= 11 is 1.38. The van der Waals surface area contributed by atoms with Gasteiger partial charge in [-0.05, 0) is 19.1 Å². The van der Waals surface area contributed by atoms with E-state index >= 15 is 0 Å². The van der Waals surface area contributed by atoms with Crippen LogP contribution in [0.5, 0.6) is 0 Å². The standard InChI is InChI=1S/C15H11NO2S/c1-10-7-8-12(18-10)9-13-14(17)16-15(19-13)11-5-3-2-4-6-11/h2-9H,1H3/b13-9+. The van der Waals surface area contributed by atoms with E-state index in [2.05, 4.69) is 4.99 Å². The van der Waals surface area contributed by atoms with Gasteiger partial charge in [-0.1, -0.05) is 42.1 Å². The largest absolute Gasteiger partial charge is 0.462 e. The summed E-state index contributed by atoms with van der Waals surface area (Å²) in [4.78, 5) is 16.5. The minimum absolute atomic E-state index is 0.210. The van der Waals surface area contributed by atoms with Gasteiger partial charge in [-0.3, -0.25) is 4.79 Å². The fourth-order valence-electron chi connectivity index (χ4n) is 1.77. The van der Waals surface area contributed by atoms with Crippen LogP contribution in [-0.2, 0) is 4.79 Å². The lowest BCUT2D eigenvalue weighted by Crippen LogP contribution is -1.89. The molecule has 0 N–H and O–H groups in total. The first-order chi connectivity index (χ1) is 9.22. The SMILES string of the molecule is Cc1ccc(/C=C2/SC(c3ccccc3)=NC2=O)o1. The Hall–Kier alpha value is -2.07. The van der Waals surface area contributed by atoms with Crippen LogP contribution >= 0.6 is 11.8 Å². The Balaban J connectivity index is 1.86. The number of nitrogens with zero attached hydrogens (tertiary/aromatic N) is 1. The molecule has 2 aromatic rings. The van der Waals surface area contributed by atoms with E-state index in [0.29, 0.717) is 10.7 Å². The maximum Gasteiger partial charge on any atom is 0.285 e. The van der Waals surface area contributed by atoms with Crippen molar-refractivity contribution in [2.24, 2.45) is 4.99 Å². The molecule has 3 nitrogen and oxygen atoms in total. The molecule has 2 heterocycles. The monoisotopic (exact) mass is 269 g/mol. The van der Waals surface area contributed by atoms with E-state index in [0.717, 1.165) is 16.4 Å². The molecule has 1 amide bonds. The van der Waals surface area contributed by atoms with Crippen molar-refractivity contribution in [1.29, 1.82) is 0 Å². The number of thioether (sulfide) groups is 1. The average Bonchev–Trinajstić information content (AvgIpc) is 2.98. The molecule has 0 radical (unpaired) electrons. The lowest BCUT2D eigenvalue weighted by molar-refractivity contribution is -0.113. The summed E-state index contributed by atoms with van der Waals surface area (Å²) in [6.45, 7) is 1.87. The van der Waals surface area contributed by atoms with Gasteiger partial charge in [0.25, 0.3) is 5.91 Å². The summed E-state index contributed by atoms with van der Waals surface area (Å²) in [6, 6.07) is 13.4. The van der Waals surface area contributed by atoms with Gasteiger partial charge < -0.3 is 4.42 Å². The van der Waals surface area contributed by atoms with E-state index in [1.807, 2.05) is 49.4 Å². The summed E-state index contributed by atoms with van der Waals surface area (Å²) in [5.74, 6) is 1.29. The van der Waals surface area contributed by atoms with Crippen LogP contribution < -0.4 is 0 Å². The van der Waals surface area contributed by atoms with E-state index in [1.165, 1.54) is 11.8 Å². The number of carbonyl (C=O) groups excluding carboxylic acids is 1. The predicted octanol–water partition coefficient (Wildman–Crippen LogP) is 3.65. The van der Waals surface area contributed by atoms with Crippen LogP contribution in [0, 0.1) is 6.92 Å². The van der Waals surface area contributed by atoms with Crippen molar-refractivity contribution in [2.75, 3.05) is 0 Å². The maximum atomic E-state index is 11.9. The molecule has 1 aromatic heterocycles. The molecule has 0 saturated heterocycles. The lowest BCUT2D eigenvalue weighted by atomic mass is 10.2. The summed E-state index contributed by atoms with van der Waals surface area (Å²) in [6.07, 6.45) is 1.74. The zero-order valence-electron chi connectivity index (χ0n) is 10.3. The molecule has 0 saturated carbocycles. The first-order valence-corrected chi connectivity index (χ1v) is 6.68. The Kier molecular flexibility index (Phi) is 3.09. The highest BCUT2D eigenvalue weighted by atomic mass is 32.2. The van der Waals surface area contributed by atoms with Crippen molar-refractivity contribution in [3.8, 4) is 0 Å². The van der Waals surface area contributed by atoms with Crippen molar-refractivity contribution in [1.82, 2.24) is 0 Å². The Morgan fingerprint density at radius 2 is 1.95 bits per heavy atom. The van der Waals surface area contributed by atoms with Crippen molar-refractivity contribution < 1.29 is 9.21 Å². The van der Waals surface area contributed by atoms with Crippen LogP contribution in [0.25, 0.3) is 6.08 Å². The van der Waals surface area contributed by atoms with E-state index in [1.54, 1.807) is 6.08 Å². The molecule has 0 bridgehead atoms. The number of furan rings is 1. The highest BCUT2D eigenvalue weighted by molar-refractivity contribution is 8.19. The van der Waals surface area contributed by atoms with E-state index in [9.17, 15) is 4.79 Å². The van der Waals surface area contributed by atoms with Gasteiger partial charge in [0.2, 0.25) is 0 Å². The van der Waals surface area contributed by atoms with Crippen LogP contribution in [0.1, 0.15) is 17.1 Å². The molecule has 0 fully saturated rings. The molecule has 1 aliphatic heterocycles. The van der Waals surface area contributed by atoms with Gasteiger partial charge in [0.1, 0.15) is 16.6 Å². The first kappa shape index (κ1) is 12.0. The highest BCUT2D eigenvalue weighted by Gasteiger charge is 2.23. The summed E-state index contributed by atoms with van der Waals surface area (Å²) in [7, 11) is 0. The van der Waals surface area contributed by atoms with Crippen LogP contribution in [0.15, 0.2) is 56.8 Å². The molecule has 94 valence electrons. The number of benzene rings is 1. The van der Waals surface area contributed by atoms with Crippen molar-refractivity contribution in [3.63, 3.8) is 0 Å². The van der Waals surface area contributed by atoms with Crippen LogP contribution in [-0.4, -0.2) is 11.0 Å². The number of aryl methyl sites for hydroxylation is 1. The smallest absolute Gasteiger partial charge is 0.285 e. The Bertz CT molecular complexity index is 683. The van der Waals surface area contributed by atoms with Gasteiger partial charge in [-0.25, -0.2) is 4.99 Å². The number of amides is 1. The second-order valence-corrected chi connectivity index (χ2v) is 5.18.